The SMILES string of the molecule is CC[C@@H]1[C@H](O)CC2=CC=C3[C@@H]4CC[C@H]([C@H](C)CCCC(C)C)[C@@]4(C)CC[C@@H]3[C@@]2(C)[C@H]1O. The van der Waals surface area contributed by atoms with Crippen LogP contribution in [-0.4, -0.2) is 22.4 Å². The molecule has 3 saturated carbocycles. The Morgan fingerprint density at radius 2 is 1.74 bits per heavy atom. The van der Waals surface area contributed by atoms with E-state index in [1.807, 2.05) is 0 Å². The van der Waals surface area contributed by atoms with Crippen molar-refractivity contribution in [3.8, 4) is 0 Å². The van der Waals surface area contributed by atoms with Crippen molar-refractivity contribution in [2.75, 3.05) is 0 Å². The van der Waals surface area contributed by atoms with Gasteiger partial charge in [-0.05, 0) is 73.5 Å². The van der Waals surface area contributed by atoms with Crippen molar-refractivity contribution in [2.24, 2.45) is 46.3 Å². The third-order valence-corrected chi connectivity index (χ3v) is 10.6. The first-order valence-corrected chi connectivity index (χ1v) is 13.4. The molecule has 0 aromatic rings. The molecule has 0 aliphatic heterocycles. The highest BCUT2D eigenvalue weighted by atomic mass is 16.3. The van der Waals surface area contributed by atoms with Crippen LogP contribution in [0.5, 0.6) is 0 Å². The molecule has 2 nitrogen and oxygen atoms in total. The summed E-state index contributed by atoms with van der Waals surface area (Å²) in [5.41, 5.74) is 3.17. The van der Waals surface area contributed by atoms with E-state index in [4.69, 9.17) is 0 Å². The van der Waals surface area contributed by atoms with Crippen molar-refractivity contribution in [1.29, 1.82) is 0 Å². The summed E-state index contributed by atoms with van der Waals surface area (Å²) in [5.74, 6) is 3.61. The molecule has 0 amide bonds. The zero-order chi connectivity index (χ0) is 22.6. The van der Waals surface area contributed by atoms with Gasteiger partial charge < -0.3 is 10.2 Å². The van der Waals surface area contributed by atoms with Crippen LogP contribution in [0.3, 0.4) is 0 Å². The topological polar surface area (TPSA) is 40.5 Å². The summed E-state index contributed by atoms with van der Waals surface area (Å²) in [7, 11) is 0. The Morgan fingerprint density at radius 3 is 2.42 bits per heavy atom. The van der Waals surface area contributed by atoms with Gasteiger partial charge in [0.1, 0.15) is 0 Å². The van der Waals surface area contributed by atoms with Gasteiger partial charge in [-0.3, -0.25) is 0 Å². The molecule has 0 heterocycles. The standard InChI is InChI=1S/C29H48O2/c1-7-21-26(30)17-20-11-12-22-24-14-13-23(19(4)10-8-9-18(2)3)28(24,5)16-15-25(22)29(20,6)27(21)31/h11-12,18-19,21,23-27,30-31H,7-10,13-17H2,1-6H3/t19-,21-,23-,24+,25+,26-,27+,28-,29+/m1/s1. The van der Waals surface area contributed by atoms with Gasteiger partial charge in [-0.15, -0.1) is 0 Å². The van der Waals surface area contributed by atoms with Crippen LogP contribution in [0.2, 0.25) is 0 Å². The predicted molar refractivity (Wildman–Crippen MR) is 130 cm³/mol. The molecular formula is C29H48O2. The lowest BCUT2D eigenvalue weighted by Gasteiger charge is -2.58. The molecule has 0 aromatic carbocycles. The minimum atomic E-state index is -0.433. The van der Waals surface area contributed by atoms with Crippen LogP contribution in [0.25, 0.3) is 0 Å². The molecule has 31 heavy (non-hydrogen) atoms. The minimum Gasteiger partial charge on any atom is -0.392 e. The number of rotatable bonds is 6. The number of aliphatic hydroxyl groups excluding tert-OH is 2. The summed E-state index contributed by atoms with van der Waals surface area (Å²) in [6.45, 7) is 14.3. The Balaban J connectivity index is 1.57. The fourth-order valence-electron chi connectivity index (χ4n) is 8.71. The highest BCUT2D eigenvalue weighted by molar-refractivity contribution is 5.40. The summed E-state index contributed by atoms with van der Waals surface area (Å²) in [6.07, 6.45) is 14.8. The van der Waals surface area contributed by atoms with Crippen LogP contribution in [-0.2, 0) is 0 Å². The average molecular weight is 429 g/mol. The number of fused-ring (bicyclic) bond motifs is 5. The second kappa shape index (κ2) is 8.64. The van der Waals surface area contributed by atoms with Gasteiger partial charge in [-0.25, -0.2) is 0 Å². The van der Waals surface area contributed by atoms with E-state index in [2.05, 4.69) is 53.7 Å². The second-order valence-electron chi connectivity index (χ2n) is 12.6. The van der Waals surface area contributed by atoms with Crippen molar-refractivity contribution in [3.63, 3.8) is 0 Å². The molecule has 4 aliphatic carbocycles. The highest BCUT2D eigenvalue weighted by Crippen LogP contribution is 2.66. The van der Waals surface area contributed by atoms with E-state index >= 15 is 0 Å². The van der Waals surface area contributed by atoms with Gasteiger partial charge in [0.15, 0.2) is 0 Å². The molecule has 176 valence electrons. The summed E-state index contributed by atoms with van der Waals surface area (Å²) in [5, 5.41) is 22.2. The van der Waals surface area contributed by atoms with Crippen LogP contribution < -0.4 is 0 Å². The van der Waals surface area contributed by atoms with Crippen molar-refractivity contribution < 1.29 is 10.2 Å². The van der Waals surface area contributed by atoms with Gasteiger partial charge >= 0.3 is 0 Å². The van der Waals surface area contributed by atoms with E-state index in [-0.39, 0.29) is 11.3 Å². The summed E-state index contributed by atoms with van der Waals surface area (Å²) in [6, 6.07) is 0. The van der Waals surface area contributed by atoms with E-state index in [0.717, 1.165) is 30.6 Å². The third kappa shape index (κ3) is 3.68. The Kier molecular flexibility index (Phi) is 6.56. The lowest BCUT2D eigenvalue weighted by atomic mass is 9.48. The Labute approximate surface area is 191 Å². The quantitative estimate of drug-likeness (QED) is 0.482. The summed E-state index contributed by atoms with van der Waals surface area (Å²) >= 11 is 0. The van der Waals surface area contributed by atoms with Crippen LogP contribution in [0.15, 0.2) is 23.3 Å². The normalized spacial score (nSPS) is 45.5. The molecule has 4 rings (SSSR count). The lowest BCUT2D eigenvalue weighted by molar-refractivity contribution is -0.0981. The molecule has 9 atom stereocenters. The van der Waals surface area contributed by atoms with Crippen molar-refractivity contribution in [2.45, 2.75) is 112 Å². The first kappa shape index (κ1) is 23.6. The Morgan fingerprint density at radius 1 is 1.00 bits per heavy atom. The van der Waals surface area contributed by atoms with Gasteiger partial charge in [0.05, 0.1) is 12.2 Å². The van der Waals surface area contributed by atoms with Gasteiger partial charge in [0.2, 0.25) is 0 Å². The molecule has 0 radical (unpaired) electrons. The first-order valence-electron chi connectivity index (χ1n) is 13.4. The fourth-order valence-corrected chi connectivity index (χ4v) is 8.71. The van der Waals surface area contributed by atoms with Crippen molar-refractivity contribution in [3.05, 3.63) is 23.3 Å². The molecule has 2 heteroatoms. The smallest absolute Gasteiger partial charge is 0.0689 e. The van der Waals surface area contributed by atoms with Gasteiger partial charge in [0, 0.05) is 11.3 Å². The van der Waals surface area contributed by atoms with Crippen LogP contribution in [0.4, 0.5) is 0 Å². The summed E-state index contributed by atoms with van der Waals surface area (Å²) in [4.78, 5) is 0. The maximum absolute atomic E-state index is 11.5. The largest absolute Gasteiger partial charge is 0.392 e. The second-order valence-corrected chi connectivity index (χ2v) is 12.6. The Bertz CT molecular complexity index is 720. The van der Waals surface area contributed by atoms with E-state index < -0.39 is 12.2 Å². The number of aliphatic hydroxyl groups is 2. The first-order chi connectivity index (χ1) is 14.6. The van der Waals surface area contributed by atoms with Crippen LogP contribution in [0.1, 0.15) is 99.3 Å². The number of hydrogen-bond donors (Lipinski definition) is 2. The monoisotopic (exact) mass is 428 g/mol. The third-order valence-electron chi connectivity index (χ3n) is 10.6. The van der Waals surface area contributed by atoms with Crippen LogP contribution in [0, 0.1) is 46.3 Å². The molecule has 0 saturated heterocycles. The fraction of sp³-hybridized carbons (Fsp3) is 0.862. The van der Waals surface area contributed by atoms with Gasteiger partial charge in [-0.2, -0.15) is 0 Å². The van der Waals surface area contributed by atoms with Gasteiger partial charge in [0.25, 0.3) is 0 Å². The zero-order valence-electron chi connectivity index (χ0n) is 21.0. The summed E-state index contributed by atoms with van der Waals surface area (Å²) < 4.78 is 0. The number of hydrogen-bond acceptors (Lipinski definition) is 2. The van der Waals surface area contributed by atoms with Crippen LogP contribution >= 0.6 is 0 Å². The maximum Gasteiger partial charge on any atom is 0.0689 e. The Hall–Kier alpha value is -0.600. The minimum absolute atomic E-state index is 0.00659. The molecule has 3 fully saturated rings. The van der Waals surface area contributed by atoms with E-state index in [1.54, 1.807) is 5.57 Å². The van der Waals surface area contributed by atoms with E-state index in [0.29, 0.717) is 17.3 Å². The molecular weight excluding hydrogens is 380 g/mol. The lowest BCUT2D eigenvalue weighted by Crippen LogP contribution is -2.56. The molecule has 2 N–H and O–H groups in total. The zero-order valence-corrected chi connectivity index (χ0v) is 21.0. The molecule has 0 unspecified atom stereocenters. The number of allylic oxidation sites excluding steroid dienone is 3. The molecule has 0 aromatic heterocycles. The molecule has 0 spiro atoms. The van der Waals surface area contributed by atoms with Crippen molar-refractivity contribution >= 4 is 0 Å². The van der Waals surface area contributed by atoms with Gasteiger partial charge in [-0.1, -0.05) is 84.1 Å². The average Bonchev–Trinajstić information content (AvgIpc) is 3.06. The van der Waals surface area contributed by atoms with E-state index in [1.165, 1.54) is 50.5 Å². The predicted octanol–water partition coefficient (Wildman–Crippen LogP) is 6.92. The highest BCUT2D eigenvalue weighted by Gasteiger charge is 2.60. The van der Waals surface area contributed by atoms with Crippen molar-refractivity contribution in [1.82, 2.24) is 0 Å². The molecule has 0 bridgehead atoms. The van der Waals surface area contributed by atoms with E-state index in [9.17, 15) is 10.2 Å². The maximum atomic E-state index is 11.5. The molecule has 4 aliphatic rings.